The fraction of sp³-hybridized carbons (Fsp3) is 0.350. The highest BCUT2D eigenvalue weighted by molar-refractivity contribution is 7.88. The molecule has 0 radical (unpaired) electrons. The van der Waals surface area contributed by atoms with E-state index in [-0.39, 0.29) is 12.3 Å². The van der Waals surface area contributed by atoms with E-state index >= 15 is 0 Å². The topological polar surface area (TPSA) is 72.5 Å². The van der Waals surface area contributed by atoms with Gasteiger partial charge in [0.15, 0.2) is 0 Å². The second-order valence-electron chi connectivity index (χ2n) is 6.08. The lowest BCUT2D eigenvalue weighted by atomic mass is 10.0. The number of hydrogen-bond donors (Lipinski definition) is 1. The van der Waals surface area contributed by atoms with E-state index in [0.717, 1.165) is 24.0 Å². The minimum absolute atomic E-state index is 0.136. The number of aryl methyl sites for hydroxylation is 2. The average molecular weight is 375 g/mol. The van der Waals surface area contributed by atoms with Gasteiger partial charge in [-0.25, -0.2) is 17.9 Å². The number of methoxy groups -OCH3 is 1. The van der Waals surface area contributed by atoms with Crippen LogP contribution in [0.15, 0.2) is 42.5 Å². The average Bonchev–Trinajstić information content (AvgIpc) is 2.65. The molecule has 140 valence electrons. The van der Waals surface area contributed by atoms with Gasteiger partial charge in [-0.05, 0) is 47.2 Å². The minimum Gasteiger partial charge on any atom is -0.465 e. The Hall–Kier alpha value is -2.18. The normalized spacial score (nSPS) is 11.3. The van der Waals surface area contributed by atoms with Crippen molar-refractivity contribution in [3.63, 3.8) is 0 Å². The van der Waals surface area contributed by atoms with Gasteiger partial charge in [0.25, 0.3) is 0 Å². The summed E-state index contributed by atoms with van der Waals surface area (Å²) in [7, 11) is -2.17. The first-order chi connectivity index (χ1) is 12.4. The molecule has 0 fully saturated rings. The number of esters is 1. The first-order valence-electron chi connectivity index (χ1n) is 8.63. The van der Waals surface area contributed by atoms with Crippen molar-refractivity contribution >= 4 is 16.0 Å². The van der Waals surface area contributed by atoms with Gasteiger partial charge in [-0.1, -0.05) is 44.2 Å². The molecule has 0 aliphatic carbocycles. The zero-order chi connectivity index (χ0) is 19.2. The SMILES string of the molecule is CCc1ccc(CC)c(CNS(=O)(=O)Cc2ccc(C(=O)OC)cc2)c1. The first kappa shape index (κ1) is 20.1. The van der Waals surface area contributed by atoms with E-state index in [9.17, 15) is 13.2 Å². The summed E-state index contributed by atoms with van der Waals surface area (Å²) in [5.74, 6) is -0.580. The van der Waals surface area contributed by atoms with Crippen molar-refractivity contribution in [2.75, 3.05) is 7.11 Å². The molecule has 2 aromatic rings. The van der Waals surface area contributed by atoms with E-state index in [1.807, 2.05) is 0 Å². The van der Waals surface area contributed by atoms with Crippen LogP contribution in [0, 0.1) is 0 Å². The Bertz CT molecular complexity index is 858. The van der Waals surface area contributed by atoms with Gasteiger partial charge in [-0.3, -0.25) is 0 Å². The molecule has 0 unspecified atom stereocenters. The summed E-state index contributed by atoms with van der Waals surface area (Å²) in [6, 6.07) is 12.6. The molecule has 1 N–H and O–H groups in total. The molecule has 5 nitrogen and oxygen atoms in total. The molecule has 26 heavy (non-hydrogen) atoms. The molecule has 0 heterocycles. The monoisotopic (exact) mass is 375 g/mol. The van der Waals surface area contributed by atoms with Crippen molar-refractivity contribution in [2.24, 2.45) is 0 Å². The van der Waals surface area contributed by atoms with Gasteiger partial charge in [0.2, 0.25) is 10.0 Å². The standard InChI is InChI=1S/C20H25NO4S/c1-4-15-6-9-17(5-2)19(12-15)13-21-26(23,24)14-16-7-10-18(11-8-16)20(22)25-3/h6-12,21H,4-5,13-14H2,1-3H3. The summed E-state index contributed by atoms with van der Waals surface area (Å²) in [6.45, 7) is 4.41. The van der Waals surface area contributed by atoms with E-state index in [2.05, 4.69) is 41.5 Å². The highest BCUT2D eigenvalue weighted by atomic mass is 32.2. The van der Waals surface area contributed by atoms with Crippen molar-refractivity contribution in [2.45, 2.75) is 39.0 Å². The molecule has 0 aliphatic rings. The van der Waals surface area contributed by atoms with Crippen molar-refractivity contribution in [3.8, 4) is 0 Å². The maximum atomic E-state index is 12.4. The number of rotatable bonds is 8. The fourth-order valence-electron chi connectivity index (χ4n) is 2.72. The van der Waals surface area contributed by atoms with Crippen LogP contribution in [-0.2, 0) is 39.9 Å². The lowest BCUT2D eigenvalue weighted by molar-refractivity contribution is 0.0600. The van der Waals surface area contributed by atoms with Gasteiger partial charge in [0, 0.05) is 6.54 Å². The Morgan fingerprint density at radius 1 is 0.962 bits per heavy atom. The van der Waals surface area contributed by atoms with Crippen LogP contribution in [-0.4, -0.2) is 21.5 Å². The fourth-order valence-corrected chi connectivity index (χ4v) is 3.83. The summed E-state index contributed by atoms with van der Waals surface area (Å²) in [5, 5.41) is 0. The van der Waals surface area contributed by atoms with Crippen molar-refractivity contribution in [1.82, 2.24) is 4.72 Å². The largest absolute Gasteiger partial charge is 0.465 e. The van der Waals surface area contributed by atoms with Crippen LogP contribution in [0.25, 0.3) is 0 Å². The Balaban J connectivity index is 2.06. The molecule has 0 aliphatic heterocycles. The highest BCUT2D eigenvalue weighted by Gasteiger charge is 2.13. The van der Waals surface area contributed by atoms with Gasteiger partial charge < -0.3 is 4.74 Å². The first-order valence-corrected chi connectivity index (χ1v) is 10.3. The predicted molar refractivity (Wildman–Crippen MR) is 102 cm³/mol. The lowest BCUT2D eigenvalue weighted by Gasteiger charge is -2.12. The Kier molecular flexibility index (Phi) is 6.94. The molecule has 0 saturated heterocycles. The van der Waals surface area contributed by atoms with Gasteiger partial charge in [0.1, 0.15) is 0 Å². The van der Waals surface area contributed by atoms with Gasteiger partial charge in [-0.2, -0.15) is 0 Å². The molecule has 0 saturated carbocycles. The third-order valence-electron chi connectivity index (χ3n) is 4.27. The van der Waals surface area contributed by atoms with Crippen molar-refractivity contribution in [1.29, 1.82) is 0 Å². The lowest BCUT2D eigenvalue weighted by Crippen LogP contribution is -2.25. The summed E-state index contributed by atoms with van der Waals surface area (Å²) >= 11 is 0. The number of ether oxygens (including phenoxy) is 1. The summed E-state index contributed by atoms with van der Waals surface area (Å²) < 4.78 is 32.1. The minimum atomic E-state index is -3.48. The molecular weight excluding hydrogens is 350 g/mol. The van der Waals surface area contributed by atoms with E-state index in [1.54, 1.807) is 24.3 Å². The number of nitrogens with one attached hydrogen (secondary N) is 1. The summed E-state index contributed by atoms with van der Waals surface area (Å²) in [6.07, 6.45) is 1.77. The summed E-state index contributed by atoms with van der Waals surface area (Å²) in [4.78, 5) is 11.4. The molecule has 2 rings (SSSR count). The zero-order valence-electron chi connectivity index (χ0n) is 15.4. The van der Waals surface area contributed by atoms with E-state index in [1.165, 1.54) is 12.7 Å². The van der Waals surface area contributed by atoms with Gasteiger partial charge in [-0.15, -0.1) is 0 Å². The smallest absolute Gasteiger partial charge is 0.337 e. The van der Waals surface area contributed by atoms with Crippen LogP contribution < -0.4 is 4.72 Å². The Morgan fingerprint density at radius 3 is 2.19 bits per heavy atom. The van der Waals surface area contributed by atoms with Gasteiger partial charge in [0.05, 0.1) is 18.4 Å². The van der Waals surface area contributed by atoms with Crippen LogP contribution >= 0.6 is 0 Å². The number of carbonyl (C=O) groups excluding carboxylic acids is 1. The van der Waals surface area contributed by atoms with E-state index < -0.39 is 16.0 Å². The Morgan fingerprint density at radius 2 is 1.62 bits per heavy atom. The van der Waals surface area contributed by atoms with Crippen molar-refractivity contribution < 1.29 is 17.9 Å². The number of carbonyl (C=O) groups is 1. The maximum Gasteiger partial charge on any atom is 0.337 e. The molecular formula is C20H25NO4S. The molecule has 0 spiro atoms. The number of hydrogen-bond acceptors (Lipinski definition) is 4. The third kappa shape index (κ3) is 5.41. The molecule has 0 atom stereocenters. The van der Waals surface area contributed by atoms with Gasteiger partial charge >= 0.3 is 5.97 Å². The van der Waals surface area contributed by atoms with E-state index in [4.69, 9.17) is 0 Å². The molecule has 0 bridgehead atoms. The van der Waals surface area contributed by atoms with Crippen LogP contribution in [0.5, 0.6) is 0 Å². The van der Waals surface area contributed by atoms with Crippen LogP contribution in [0.4, 0.5) is 0 Å². The number of sulfonamides is 1. The second-order valence-corrected chi connectivity index (χ2v) is 7.89. The number of benzene rings is 2. The second kappa shape index (κ2) is 8.96. The molecule has 6 heteroatoms. The highest BCUT2D eigenvalue weighted by Crippen LogP contribution is 2.15. The molecule has 0 aromatic heterocycles. The molecule has 0 amide bonds. The van der Waals surface area contributed by atoms with E-state index in [0.29, 0.717) is 11.1 Å². The zero-order valence-corrected chi connectivity index (χ0v) is 16.2. The van der Waals surface area contributed by atoms with Crippen LogP contribution in [0.1, 0.15) is 46.5 Å². The molecule has 2 aromatic carbocycles. The van der Waals surface area contributed by atoms with Crippen molar-refractivity contribution in [3.05, 3.63) is 70.3 Å². The maximum absolute atomic E-state index is 12.4. The quantitative estimate of drug-likeness (QED) is 0.719. The third-order valence-corrected chi connectivity index (χ3v) is 5.57. The Labute approximate surface area is 155 Å². The summed E-state index contributed by atoms with van der Waals surface area (Å²) in [5.41, 5.74) is 4.35. The predicted octanol–water partition coefficient (Wildman–Crippen LogP) is 3.22. The van der Waals surface area contributed by atoms with Crippen LogP contribution in [0.3, 0.4) is 0 Å². The van der Waals surface area contributed by atoms with Crippen LogP contribution in [0.2, 0.25) is 0 Å².